The topological polar surface area (TPSA) is 97.1 Å². The van der Waals surface area contributed by atoms with E-state index in [1.165, 1.54) is 17.5 Å². The third-order valence-electron chi connectivity index (χ3n) is 8.09. The predicted molar refractivity (Wildman–Crippen MR) is 169 cm³/mol. The van der Waals surface area contributed by atoms with Gasteiger partial charge in [0.25, 0.3) is 5.91 Å². The fourth-order valence-electron chi connectivity index (χ4n) is 5.78. The molecule has 5 rings (SSSR count). The van der Waals surface area contributed by atoms with Crippen molar-refractivity contribution >= 4 is 51.2 Å². The van der Waals surface area contributed by atoms with Crippen LogP contribution in [0.3, 0.4) is 0 Å². The Morgan fingerprint density at radius 2 is 1.73 bits per heavy atom. The van der Waals surface area contributed by atoms with Gasteiger partial charge in [0.1, 0.15) is 11.5 Å². The van der Waals surface area contributed by atoms with Gasteiger partial charge in [-0.2, -0.15) is 4.31 Å². The maximum absolute atomic E-state index is 13.8. The molecule has 0 saturated heterocycles. The van der Waals surface area contributed by atoms with E-state index in [0.717, 1.165) is 37.7 Å². The zero-order chi connectivity index (χ0) is 31.6. The zero-order valence-corrected chi connectivity index (χ0v) is 27.1. The molecule has 3 aromatic rings. The average Bonchev–Trinajstić information content (AvgIpc) is 3.54. The average molecular weight is 658 g/mol. The molecule has 2 aliphatic rings. The fraction of sp³-hybridized carbons (Fsp3) is 0.333. The highest BCUT2D eigenvalue weighted by Gasteiger charge is 2.41. The molecular formula is C33H34Cl2N2O6S. The molecule has 8 nitrogen and oxygen atoms in total. The molecule has 232 valence electrons. The van der Waals surface area contributed by atoms with Crippen LogP contribution in [0.5, 0.6) is 0 Å². The fourth-order valence-corrected chi connectivity index (χ4v) is 7.63. The van der Waals surface area contributed by atoms with E-state index in [1.807, 2.05) is 6.92 Å². The van der Waals surface area contributed by atoms with Gasteiger partial charge in [-0.15, -0.1) is 0 Å². The number of hydrogen-bond acceptors (Lipinski definition) is 6. The number of amides is 1. The van der Waals surface area contributed by atoms with Gasteiger partial charge in [0.15, 0.2) is 0 Å². The van der Waals surface area contributed by atoms with Crippen molar-refractivity contribution < 1.29 is 27.2 Å². The van der Waals surface area contributed by atoms with E-state index in [9.17, 15) is 18.0 Å². The van der Waals surface area contributed by atoms with Gasteiger partial charge in [0, 0.05) is 28.3 Å². The highest BCUT2D eigenvalue weighted by molar-refractivity contribution is 7.89. The van der Waals surface area contributed by atoms with Crippen LogP contribution in [0.4, 0.5) is 0 Å². The second-order valence-corrected chi connectivity index (χ2v) is 13.9. The summed E-state index contributed by atoms with van der Waals surface area (Å²) >= 11 is 12.5. The van der Waals surface area contributed by atoms with Crippen molar-refractivity contribution in [1.29, 1.82) is 0 Å². The number of carbonyl (C=O) groups excluding carboxylic acids is 2. The summed E-state index contributed by atoms with van der Waals surface area (Å²) in [6, 6.07) is 14.8. The Kier molecular flexibility index (Phi) is 9.70. The van der Waals surface area contributed by atoms with Crippen molar-refractivity contribution in [3.05, 3.63) is 104 Å². The Morgan fingerprint density at radius 3 is 2.39 bits per heavy atom. The number of halogens is 2. The number of allylic oxidation sites excluding steroid dienone is 1. The molecular weight excluding hydrogens is 623 g/mol. The maximum Gasteiger partial charge on any atom is 0.340 e. The molecule has 0 bridgehead atoms. The normalized spacial score (nSPS) is 17.3. The van der Waals surface area contributed by atoms with E-state index in [2.05, 4.69) is 0 Å². The summed E-state index contributed by atoms with van der Waals surface area (Å²) in [5.41, 5.74) is 2.48. The van der Waals surface area contributed by atoms with Gasteiger partial charge in [0.05, 0.1) is 29.7 Å². The third kappa shape index (κ3) is 6.66. The van der Waals surface area contributed by atoms with Crippen LogP contribution in [0.15, 0.2) is 80.8 Å². The SMILES string of the molecule is COC(=O)C1=C(C)N(C2CCCCC2)C(=O)/C1=C/c1ccc(CN(Cc2ccc(Cl)cc2Cl)S(=O)(=O)c2ccc(C)cc2)o1. The molecule has 1 aliphatic heterocycles. The summed E-state index contributed by atoms with van der Waals surface area (Å²) in [7, 11) is -2.69. The Balaban J connectivity index is 1.47. The molecule has 1 aliphatic carbocycles. The number of sulfonamides is 1. The lowest BCUT2D eigenvalue weighted by Gasteiger charge is -2.32. The van der Waals surface area contributed by atoms with Crippen LogP contribution in [0.2, 0.25) is 10.0 Å². The standard InChI is InChI=1S/C33H34Cl2N2O6S/c1-21-9-15-28(16-10-21)44(40,41)36(19-23-11-12-24(34)17-30(23)35)20-27-14-13-26(43-27)18-29-31(33(39)42-3)22(2)37(32(29)38)25-7-5-4-6-8-25/h9-18,25H,4-8,19-20H2,1-3H3/b29-18+. The van der Waals surface area contributed by atoms with Crippen molar-refractivity contribution in [3.63, 3.8) is 0 Å². The minimum Gasteiger partial charge on any atom is -0.465 e. The van der Waals surface area contributed by atoms with E-state index in [1.54, 1.807) is 66.4 Å². The number of ether oxygens (including phenoxy) is 1. The summed E-state index contributed by atoms with van der Waals surface area (Å²) in [5, 5.41) is 0.778. The van der Waals surface area contributed by atoms with Crippen LogP contribution in [-0.4, -0.2) is 42.7 Å². The maximum atomic E-state index is 13.8. The molecule has 1 saturated carbocycles. The first-order valence-corrected chi connectivity index (χ1v) is 16.6. The van der Waals surface area contributed by atoms with Gasteiger partial charge >= 0.3 is 5.97 Å². The molecule has 44 heavy (non-hydrogen) atoms. The van der Waals surface area contributed by atoms with Crippen LogP contribution in [0.25, 0.3) is 6.08 Å². The summed E-state index contributed by atoms with van der Waals surface area (Å²) in [6.45, 7) is 3.50. The quantitative estimate of drug-likeness (QED) is 0.177. The monoisotopic (exact) mass is 656 g/mol. The largest absolute Gasteiger partial charge is 0.465 e. The van der Waals surface area contributed by atoms with Crippen molar-refractivity contribution in [3.8, 4) is 0 Å². The van der Waals surface area contributed by atoms with Crippen molar-refractivity contribution in [2.24, 2.45) is 0 Å². The van der Waals surface area contributed by atoms with Crippen molar-refractivity contribution in [2.45, 2.75) is 70.0 Å². The Morgan fingerprint density at radius 1 is 1.02 bits per heavy atom. The summed E-state index contributed by atoms with van der Waals surface area (Å²) in [4.78, 5) is 28.3. The van der Waals surface area contributed by atoms with Gasteiger partial charge in [-0.3, -0.25) is 4.79 Å². The molecule has 1 fully saturated rings. The van der Waals surface area contributed by atoms with Crippen LogP contribution < -0.4 is 0 Å². The molecule has 2 aromatic carbocycles. The van der Waals surface area contributed by atoms with Gasteiger partial charge in [-0.05, 0) is 74.7 Å². The van der Waals surface area contributed by atoms with Crippen LogP contribution >= 0.6 is 23.2 Å². The van der Waals surface area contributed by atoms with Crippen molar-refractivity contribution in [1.82, 2.24) is 9.21 Å². The number of hydrogen-bond donors (Lipinski definition) is 0. The molecule has 1 aromatic heterocycles. The molecule has 0 radical (unpaired) electrons. The minimum absolute atomic E-state index is 0.0224. The second-order valence-electron chi connectivity index (χ2n) is 11.1. The molecule has 2 heterocycles. The molecule has 0 atom stereocenters. The Hall–Kier alpha value is -3.37. The number of methoxy groups -OCH3 is 1. The minimum atomic E-state index is -3.98. The van der Waals surface area contributed by atoms with Gasteiger partial charge in [-0.25, -0.2) is 13.2 Å². The number of carbonyl (C=O) groups is 2. The third-order valence-corrected chi connectivity index (χ3v) is 10.5. The van der Waals surface area contributed by atoms with E-state index in [0.29, 0.717) is 32.8 Å². The van der Waals surface area contributed by atoms with E-state index in [-0.39, 0.29) is 41.1 Å². The molecule has 0 spiro atoms. The van der Waals surface area contributed by atoms with Gasteiger partial charge in [-0.1, -0.05) is 66.2 Å². The molecule has 0 unspecified atom stereocenters. The van der Waals surface area contributed by atoms with Gasteiger partial charge < -0.3 is 14.1 Å². The first kappa shape index (κ1) is 32.0. The smallest absolute Gasteiger partial charge is 0.340 e. The van der Waals surface area contributed by atoms with E-state index >= 15 is 0 Å². The lowest BCUT2D eigenvalue weighted by Crippen LogP contribution is -2.37. The first-order chi connectivity index (χ1) is 21.0. The molecule has 11 heteroatoms. The molecule has 0 N–H and O–H groups in total. The number of esters is 1. The van der Waals surface area contributed by atoms with Crippen LogP contribution in [0, 0.1) is 6.92 Å². The Bertz CT molecular complexity index is 1740. The zero-order valence-electron chi connectivity index (χ0n) is 24.8. The lowest BCUT2D eigenvalue weighted by molar-refractivity contribution is -0.136. The lowest BCUT2D eigenvalue weighted by atomic mass is 9.94. The number of rotatable bonds is 9. The first-order valence-electron chi connectivity index (χ1n) is 14.4. The number of aryl methyl sites for hydroxylation is 1. The number of furan rings is 1. The van der Waals surface area contributed by atoms with Crippen LogP contribution in [-0.2, 0) is 37.4 Å². The summed E-state index contributed by atoms with van der Waals surface area (Å²) in [5.74, 6) is -0.219. The Labute approximate surface area is 267 Å². The van der Waals surface area contributed by atoms with Crippen LogP contribution in [0.1, 0.15) is 61.7 Å². The second kappa shape index (κ2) is 13.3. The van der Waals surface area contributed by atoms with Gasteiger partial charge in [0.2, 0.25) is 10.0 Å². The highest BCUT2D eigenvalue weighted by atomic mass is 35.5. The predicted octanol–water partition coefficient (Wildman–Crippen LogP) is 7.29. The number of benzene rings is 2. The van der Waals surface area contributed by atoms with Crippen molar-refractivity contribution in [2.75, 3.05) is 7.11 Å². The van der Waals surface area contributed by atoms with E-state index < -0.39 is 16.0 Å². The van der Waals surface area contributed by atoms with E-state index in [4.69, 9.17) is 32.4 Å². The summed E-state index contributed by atoms with van der Waals surface area (Å²) in [6.07, 6.45) is 6.46. The summed E-state index contributed by atoms with van der Waals surface area (Å²) < 4.78 is 40.0. The number of nitrogens with zero attached hydrogens (tertiary/aromatic N) is 2. The highest BCUT2D eigenvalue weighted by Crippen LogP contribution is 2.37. The molecule has 1 amide bonds.